The smallest absolute Gasteiger partial charge is 0.414 e. The largest absolute Gasteiger partial charge is 0.490 e. The second kappa shape index (κ2) is 9.90. The molecule has 2 aromatic rings. The number of nitro groups is 1. The number of rotatable bonds is 6. The number of ether oxygens (including phenoxy) is 3. The molecule has 0 saturated carbocycles. The third kappa shape index (κ3) is 6.18. The third-order valence-corrected chi connectivity index (χ3v) is 6.03. The van der Waals surface area contributed by atoms with E-state index in [9.17, 15) is 14.9 Å². The Morgan fingerprint density at radius 3 is 2.53 bits per heavy atom. The van der Waals surface area contributed by atoms with Gasteiger partial charge in [-0.2, -0.15) is 0 Å². The number of carbonyl (C=O) groups excluding carboxylic acids is 1. The summed E-state index contributed by atoms with van der Waals surface area (Å²) < 4.78 is 18.8. The lowest BCUT2D eigenvalue weighted by Crippen LogP contribution is -2.42. The second-order valence-corrected chi connectivity index (χ2v) is 9.93. The van der Waals surface area contributed by atoms with Gasteiger partial charge in [0, 0.05) is 31.0 Å². The van der Waals surface area contributed by atoms with Crippen molar-refractivity contribution >= 4 is 11.9 Å². The number of likely N-dealkylation sites (tertiary alicyclic amines) is 1. The zero-order chi connectivity index (χ0) is 24.3. The van der Waals surface area contributed by atoms with Gasteiger partial charge in [-0.3, -0.25) is 4.57 Å². The van der Waals surface area contributed by atoms with Crippen molar-refractivity contribution in [2.75, 3.05) is 19.7 Å². The summed E-state index contributed by atoms with van der Waals surface area (Å²) in [5, 5.41) is 10.9. The first-order chi connectivity index (χ1) is 16.2. The lowest BCUT2D eigenvalue weighted by molar-refractivity contribution is -0.389. The summed E-state index contributed by atoms with van der Waals surface area (Å²) in [7, 11) is 0. The van der Waals surface area contributed by atoms with Gasteiger partial charge in [-0.25, -0.2) is 4.79 Å². The molecule has 1 aromatic carbocycles. The summed E-state index contributed by atoms with van der Waals surface area (Å²) in [6, 6.07) is 8.33. The van der Waals surface area contributed by atoms with Crippen LogP contribution in [0.2, 0.25) is 0 Å². The Bertz CT molecular complexity index is 1010. The maximum absolute atomic E-state index is 12.2. The molecule has 1 amide bonds. The summed E-state index contributed by atoms with van der Waals surface area (Å²) in [6.07, 6.45) is 4.55. The van der Waals surface area contributed by atoms with Gasteiger partial charge in [0.15, 0.2) is 0 Å². The lowest BCUT2D eigenvalue weighted by atomic mass is 9.90. The van der Waals surface area contributed by atoms with Crippen LogP contribution in [-0.4, -0.2) is 56.9 Å². The van der Waals surface area contributed by atoms with Gasteiger partial charge in [-0.15, -0.1) is 0 Å². The van der Waals surface area contributed by atoms with E-state index >= 15 is 0 Å². The fourth-order valence-electron chi connectivity index (χ4n) is 4.23. The monoisotopic (exact) mass is 472 g/mol. The first-order valence-corrected chi connectivity index (χ1v) is 11.7. The maximum Gasteiger partial charge on any atom is 0.414 e. The second-order valence-electron chi connectivity index (χ2n) is 9.93. The van der Waals surface area contributed by atoms with Gasteiger partial charge in [-0.1, -0.05) is 12.1 Å². The standard InChI is InChI=1S/C24H32N4O6/c1-24(2,3)34-23(29)26-11-8-18(9-12-26)14-17-4-6-19(7-5-17)32-16-20-10-13-27-15-21(28(30)31)25-22(27)33-20/h4-7,15,18,20H,8-14,16H2,1-3H3. The molecule has 184 valence electrons. The van der Waals surface area contributed by atoms with E-state index < -0.39 is 10.5 Å². The minimum Gasteiger partial charge on any atom is -0.490 e. The maximum atomic E-state index is 12.2. The van der Waals surface area contributed by atoms with Crippen LogP contribution in [0.1, 0.15) is 45.6 Å². The first kappa shape index (κ1) is 23.8. The molecule has 0 bridgehead atoms. The Morgan fingerprint density at radius 1 is 1.18 bits per heavy atom. The van der Waals surface area contributed by atoms with Crippen molar-refractivity contribution in [3.8, 4) is 11.8 Å². The summed E-state index contributed by atoms with van der Waals surface area (Å²) >= 11 is 0. The van der Waals surface area contributed by atoms with Gasteiger partial charge in [-0.05, 0) is 68.6 Å². The Balaban J connectivity index is 1.20. The molecule has 1 aromatic heterocycles. The molecule has 1 saturated heterocycles. The number of benzene rings is 1. The molecule has 0 N–H and O–H groups in total. The van der Waals surface area contributed by atoms with Crippen LogP contribution in [0.15, 0.2) is 30.5 Å². The molecule has 4 rings (SSSR count). The van der Waals surface area contributed by atoms with Crippen molar-refractivity contribution in [3.05, 3.63) is 46.1 Å². The Labute approximate surface area is 199 Å². The van der Waals surface area contributed by atoms with Crippen LogP contribution < -0.4 is 9.47 Å². The topological polar surface area (TPSA) is 109 Å². The highest BCUT2D eigenvalue weighted by Gasteiger charge is 2.29. The van der Waals surface area contributed by atoms with Crippen LogP contribution in [0.5, 0.6) is 11.8 Å². The number of piperidine rings is 1. The number of aryl methyl sites for hydroxylation is 1. The van der Waals surface area contributed by atoms with E-state index in [0.717, 1.165) is 38.1 Å². The molecule has 10 heteroatoms. The molecule has 0 aliphatic carbocycles. The van der Waals surface area contributed by atoms with Crippen LogP contribution in [-0.2, 0) is 17.7 Å². The highest BCUT2D eigenvalue weighted by atomic mass is 16.6. The molecule has 1 unspecified atom stereocenters. The van der Waals surface area contributed by atoms with Crippen LogP contribution in [0.3, 0.4) is 0 Å². The molecule has 34 heavy (non-hydrogen) atoms. The number of nitrogens with zero attached hydrogens (tertiary/aromatic N) is 4. The van der Waals surface area contributed by atoms with Crippen molar-refractivity contribution in [1.29, 1.82) is 0 Å². The molecule has 0 spiro atoms. The van der Waals surface area contributed by atoms with Gasteiger partial charge in [0.05, 0.1) is 0 Å². The van der Waals surface area contributed by atoms with Gasteiger partial charge in [0.2, 0.25) is 0 Å². The van der Waals surface area contributed by atoms with Crippen molar-refractivity contribution in [2.45, 2.75) is 64.7 Å². The van der Waals surface area contributed by atoms with Crippen LogP contribution in [0, 0.1) is 16.0 Å². The van der Waals surface area contributed by atoms with E-state index in [4.69, 9.17) is 14.2 Å². The number of aromatic nitrogens is 2. The molecule has 1 fully saturated rings. The third-order valence-electron chi connectivity index (χ3n) is 6.03. The van der Waals surface area contributed by atoms with Crippen molar-refractivity contribution in [2.24, 2.45) is 5.92 Å². The number of imidazole rings is 1. The predicted molar refractivity (Wildman–Crippen MR) is 124 cm³/mol. The quantitative estimate of drug-likeness (QED) is 0.458. The molecular formula is C24H32N4O6. The number of carbonyl (C=O) groups is 1. The molecule has 3 heterocycles. The van der Waals surface area contributed by atoms with E-state index in [0.29, 0.717) is 25.5 Å². The van der Waals surface area contributed by atoms with E-state index in [-0.39, 0.29) is 24.0 Å². The van der Waals surface area contributed by atoms with Gasteiger partial charge < -0.3 is 29.2 Å². The summed E-state index contributed by atoms with van der Waals surface area (Å²) in [5.74, 6) is 1.09. The zero-order valence-electron chi connectivity index (χ0n) is 19.9. The molecular weight excluding hydrogens is 440 g/mol. The van der Waals surface area contributed by atoms with E-state index in [1.807, 2.05) is 32.9 Å². The van der Waals surface area contributed by atoms with Gasteiger partial charge >= 0.3 is 17.9 Å². The number of fused-ring (bicyclic) bond motifs is 1. The minimum absolute atomic E-state index is 0.204. The average molecular weight is 473 g/mol. The molecule has 10 nitrogen and oxygen atoms in total. The number of hydrogen-bond donors (Lipinski definition) is 0. The molecule has 0 radical (unpaired) electrons. The van der Waals surface area contributed by atoms with E-state index in [1.54, 1.807) is 9.47 Å². The Kier molecular flexibility index (Phi) is 6.95. The van der Waals surface area contributed by atoms with Crippen LogP contribution in [0.4, 0.5) is 10.6 Å². The fraction of sp³-hybridized carbons (Fsp3) is 0.583. The SMILES string of the molecule is CC(C)(C)OC(=O)N1CCC(Cc2ccc(OCC3CCn4cc([N+](=O)[O-])nc4O3)cc2)CC1. The van der Waals surface area contributed by atoms with Crippen LogP contribution >= 0.6 is 0 Å². The van der Waals surface area contributed by atoms with Crippen molar-refractivity contribution < 1.29 is 23.9 Å². The van der Waals surface area contributed by atoms with Crippen molar-refractivity contribution in [3.63, 3.8) is 0 Å². The Morgan fingerprint density at radius 2 is 1.88 bits per heavy atom. The first-order valence-electron chi connectivity index (χ1n) is 11.7. The zero-order valence-corrected chi connectivity index (χ0v) is 19.9. The highest BCUT2D eigenvalue weighted by Crippen LogP contribution is 2.26. The van der Waals surface area contributed by atoms with E-state index in [1.165, 1.54) is 11.8 Å². The fourth-order valence-corrected chi connectivity index (χ4v) is 4.23. The summed E-state index contributed by atoms with van der Waals surface area (Å²) in [6.45, 7) is 8.07. The number of hydrogen-bond acceptors (Lipinski definition) is 7. The summed E-state index contributed by atoms with van der Waals surface area (Å²) in [4.78, 5) is 28.3. The Hall–Kier alpha value is -3.30. The van der Waals surface area contributed by atoms with Gasteiger partial charge in [0.25, 0.3) is 0 Å². The van der Waals surface area contributed by atoms with Crippen molar-refractivity contribution in [1.82, 2.24) is 14.5 Å². The lowest BCUT2D eigenvalue weighted by Gasteiger charge is -2.33. The van der Waals surface area contributed by atoms with E-state index in [2.05, 4.69) is 17.1 Å². The normalized spacial score (nSPS) is 18.7. The molecule has 2 aliphatic heterocycles. The highest BCUT2D eigenvalue weighted by molar-refractivity contribution is 5.68. The van der Waals surface area contributed by atoms with Crippen LogP contribution in [0.25, 0.3) is 0 Å². The predicted octanol–water partition coefficient (Wildman–Crippen LogP) is 4.21. The average Bonchev–Trinajstić information content (AvgIpc) is 3.22. The molecule has 1 atom stereocenters. The minimum atomic E-state index is -0.522. The molecule has 2 aliphatic rings. The van der Waals surface area contributed by atoms with Gasteiger partial charge in [0.1, 0.15) is 30.3 Å². The summed E-state index contributed by atoms with van der Waals surface area (Å²) in [5.41, 5.74) is 0.774. The number of amides is 1.